The predicted molar refractivity (Wildman–Crippen MR) is 111 cm³/mol. The lowest BCUT2D eigenvalue weighted by molar-refractivity contribution is 0.262. The zero-order valence-electron chi connectivity index (χ0n) is 16.0. The fourth-order valence-electron chi connectivity index (χ4n) is 2.85. The third-order valence-electron chi connectivity index (χ3n) is 4.27. The molecule has 2 heterocycles. The summed E-state index contributed by atoms with van der Waals surface area (Å²) in [4.78, 5) is 29.2. The smallest absolute Gasteiger partial charge is 0.307 e. The molecule has 0 aliphatic carbocycles. The Morgan fingerprint density at radius 1 is 1.14 bits per heavy atom. The van der Waals surface area contributed by atoms with Crippen LogP contribution in [-0.4, -0.2) is 28.6 Å². The fourth-order valence-corrected chi connectivity index (χ4v) is 2.85. The van der Waals surface area contributed by atoms with Crippen molar-refractivity contribution >= 4 is 30.7 Å². The van der Waals surface area contributed by atoms with Crippen LogP contribution in [-0.2, 0) is 6.54 Å². The summed E-state index contributed by atoms with van der Waals surface area (Å²) in [6.45, 7) is 5.88. The van der Waals surface area contributed by atoms with Crippen molar-refractivity contribution in [2.45, 2.75) is 27.3 Å². The minimum atomic E-state index is -0.512. The summed E-state index contributed by atoms with van der Waals surface area (Å²) in [6, 6.07) is 8.22. The Kier molecular flexibility index (Phi) is 5.58. The van der Waals surface area contributed by atoms with E-state index in [0.29, 0.717) is 23.4 Å². The van der Waals surface area contributed by atoms with Crippen molar-refractivity contribution in [3.05, 3.63) is 64.2 Å². The maximum Gasteiger partial charge on any atom is 0.323 e. The number of amides is 2. The van der Waals surface area contributed by atoms with Gasteiger partial charge in [-0.2, -0.15) is 5.10 Å². The molecular weight excluding hydrogens is 353 g/mol. The topological polar surface area (TPSA) is 88.9 Å². The third-order valence-corrected chi connectivity index (χ3v) is 4.27. The standard InChI is InChI=1S/C20H20BN5O2/c1-4-26-19(27)17(9-16(25-26)14-6-5-7-15(21)8-14)23-20(28)24-18-12(2)10-22-11-13(18)3/h5-11H,4H2,1-3H3,(H2,22,23,24,28). The van der Waals surface area contributed by atoms with Gasteiger partial charge in [-0.1, -0.05) is 29.7 Å². The second-order valence-corrected chi connectivity index (χ2v) is 6.42. The number of nitrogens with zero attached hydrogens (tertiary/aromatic N) is 3. The Bertz CT molecular complexity index is 1070. The van der Waals surface area contributed by atoms with Gasteiger partial charge < -0.3 is 10.6 Å². The van der Waals surface area contributed by atoms with Crippen LogP contribution in [0, 0.1) is 13.8 Å². The van der Waals surface area contributed by atoms with Gasteiger partial charge in [0.1, 0.15) is 13.5 Å². The van der Waals surface area contributed by atoms with Gasteiger partial charge in [0.25, 0.3) is 5.56 Å². The highest BCUT2D eigenvalue weighted by Crippen LogP contribution is 2.19. The lowest BCUT2D eigenvalue weighted by Gasteiger charge is -2.13. The van der Waals surface area contributed by atoms with Gasteiger partial charge in [-0.05, 0) is 38.0 Å². The molecular formula is C20H20BN5O2. The molecule has 0 fully saturated rings. The van der Waals surface area contributed by atoms with Gasteiger partial charge in [-0.15, -0.1) is 0 Å². The summed E-state index contributed by atoms with van der Waals surface area (Å²) in [5.41, 5.74) is 3.96. The van der Waals surface area contributed by atoms with Crippen LogP contribution in [0.15, 0.2) is 47.5 Å². The lowest BCUT2D eigenvalue weighted by Crippen LogP contribution is -2.30. The van der Waals surface area contributed by atoms with Crippen molar-refractivity contribution in [3.8, 4) is 11.3 Å². The number of carbonyl (C=O) groups excluding carboxylic acids is 1. The molecule has 140 valence electrons. The number of urea groups is 1. The molecule has 8 heteroatoms. The minimum Gasteiger partial charge on any atom is -0.307 e. The van der Waals surface area contributed by atoms with Crippen LogP contribution in [0.2, 0.25) is 0 Å². The first-order valence-electron chi connectivity index (χ1n) is 8.86. The van der Waals surface area contributed by atoms with Crippen LogP contribution >= 0.6 is 0 Å². The number of rotatable bonds is 4. The van der Waals surface area contributed by atoms with E-state index >= 15 is 0 Å². The van der Waals surface area contributed by atoms with Crippen molar-refractivity contribution in [2.75, 3.05) is 10.6 Å². The molecule has 2 radical (unpaired) electrons. The second kappa shape index (κ2) is 8.08. The number of pyridine rings is 1. The molecule has 0 aliphatic rings. The quantitative estimate of drug-likeness (QED) is 0.688. The van der Waals surface area contributed by atoms with Crippen LogP contribution in [0.25, 0.3) is 11.3 Å². The number of hydrogen-bond acceptors (Lipinski definition) is 4. The molecule has 0 saturated carbocycles. The number of carbonyl (C=O) groups is 1. The molecule has 7 nitrogen and oxygen atoms in total. The Labute approximate surface area is 164 Å². The number of benzene rings is 1. The van der Waals surface area contributed by atoms with E-state index in [0.717, 1.165) is 16.7 Å². The molecule has 3 aromatic rings. The van der Waals surface area contributed by atoms with Gasteiger partial charge in [0, 0.05) is 24.5 Å². The van der Waals surface area contributed by atoms with E-state index in [1.54, 1.807) is 30.6 Å². The van der Waals surface area contributed by atoms with Gasteiger partial charge in [0.15, 0.2) is 0 Å². The highest BCUT2D eigenvalue weighted by atomic mass is 16.2. The van der Waals surface area contributed by atoms with Crippen LogP contribution in [0.1, 0.15) is 18.1 Å². The molecule has 1 aromatic carbocycles. The van der Waals surface area contributed by atoms with E-state index in [9.17, 15) is 9.59 Å². The monoisotopic (exact) mass is 373 g/mol. The Balaban J connectivity index is 1.94. The number of hydrogen-bond donors (Lipinski definition) is 2. The molecule has 0 bridgehead atoms. The van der Waals surface area contributed by atoms with E-state index in [1.165, 1.54) is 4.68 Å². The van der Waals surface area contributed by atoms with E-state index in [1.807, 2.05) is 32.9 Å². The Hall–Kier alpha value is -3.42. The maximum atomic E-state index is 12.6. The van der Waals surface area contributed by atoms with Crippen molar-refractivity contribution in [2.24, 2.45) is 0 Å². The highest BCUT2D eigenvalue weighted by molar-refractivity contribution is 6.32. The molecule has 0 atom stereocenters. The maximum absolute atomic E-state index is 12.6. The molecule has 2 N–H and O–H groups in total. The van der Waals surface area contributed by atoms with Crippen LogP contribution < -0.4 is 21.7 Å². The number of aryl methyl sites for hydroxylation is 3. The molecule has 2 amide bonds. The van der Waals surface area contributed by atoms with E-state index in [2.05, 4.69) is 20.7 Å². The highest BCUT2D eigenvalue weighted by Gasteiger charge is 2.13. The van der Waals surface area contributed by atoms with Crippen molar-refractivity contribution in [1.29, 1.82) is 0 Å². The molecule has 0 unspecified atom stereocenters. The normalized spacial score (nSPS) is 10.5. The molecule has 28 heavy (non-hydrogen) atoms. The number of aromatic nitrogens is 3. The van der Waals surface area contributed by atoms with E-state index in [-0.39, 0.29) is 11.2 Å². The minimum absolute atomic E-state index is 0.135. The SMILES string of the molecule is [B]c1cccc(-c2cc(NC(=O)Nc3c(C)cncc3C)c(=O)n(CC)n2)c1. The van der Waals surface area contributed by atoms with Gasteiger partial charge in [0.05, 0.1) is 11.4 Å². The predicted octanol–water partition coefficient (Wildman–Crippen LogP) is 2.38. The molecule has 2 aromatic heterocycles. The Morgan fingerprint density at radius 2 is 1.86 bits per heavy atom. The van der Waals surface area contributed by atoms with E-state index < -0.39 is 6.03 Å². The zero-order valence-corrected chi connectivity index (χ0v) is 16.0. The van der Waals surface area contributed by atoms with Crippen LogP contribution in [0.3, 0.4) is 0 Å². The number of anilines is 2. The largest absolute Gasteiger partial charge is 0.323 e. The molecule has 0 saturated heterocycles. The second-order valence-electron chi connectivity index (χ2n) is 6.42. The van der Waals surface area contributed by atoms with Gasteiger partial charge in [0.2, 0.25) is 0 Å². The van der Waals surface area contributed by atoms with Gasteiger partial charge in [-0.25, -0.2) is 9.48 Å². The first kappa shape index (κ1) is 19.3. The number of nitrogens with one attached hydrogen (secondary N) is 2. The molecule has 3 rings (SSSR count). The first-order valence-corrected chi connectivity index (χ1v) is 8.86. The third kappa shape index (κ3) is 4.11. The van der Waals surface area contributed by atoms with E-state index in [4.69, 9.17) is 7.85 Å². The summed E-state index contributed by atoms with van der Waals surface area (Å²) in [5, 5.41) is 9.77. The fraction of sp³-hybridized carbons (Fsp3) is 0.200. The average Bonchev–Trinajstić information content (AvgIpc) is 2.66. The summed E-state index contributed by atoms with van der Waals surface area (Å²) in [7, 11) is 5.85. The summed E-state index contributed by atoms with van der Waals surface area (Å²) in [5.74, 6) is 0. The zero-order chi connectivity index (χ0) is 20.3. The van der Waals surface area contributed by atoms with Crippen molar-refractivity contribution in [1.82, 2.24) is 14.8 Å². The lowest BCUT2D eigenvalue weighted by atomic mass is 9.94. The molecule has 0 spiro atoms. The van der Waals surface area contributed by atoms with Crippen molar-refractivity contribution in [3.63, 3.8) is 0 Å². The molecule has 0 aliphatic heterocycles. The summed E-state index contributed by atoms with van der Waals surface area (Å²) < 4.78 is 1.30. The average molecular weight is 373 g/mol. The summed E-state index contributed by atoms with van der Waals surface area (Å²) in [6.07, 6.45) is 3.33. The van der Waals surface area contributed by atoms with Gasteiger partial charge in [-0.3, -0.25) is 9.78 Å². The summed E-state index contributed by atoms with van der Waals surface area (Å²) >= 11 is 0. The first-order chi connectivity index (χ1) is 13.4. The Morgan fingerprint density at radius 3 is 2.50 bits per heavy atom. The van der Waals surface area contributed by atoms with Crippen LogP contribution in [0.4, 0.5) is 16.2 Å². The van der Waals surface area contributed by atoms with Gasteiger partial charge >= 0.3 is 6.03 Å². The van der Waals surface area contributed by atoms with Crippen molar-refractivity contribution < 1.29 is 4.79 Å². The van der Waals surface area contributed by atoms with Crippen LogP contribution in [0.5, 0.6) is 0 Å².